The Hall–Kier alpha value is -1.80. The van der Waals surface area contributed by atoms with Crippen molar-refractivity contribution in [1.29, 1.82) is 0 Å². The lowest BCUT2D eigenvalue weighted by atomic mass is 10.0. The van der Waals surface area contributed by atoms with E-state index in [1.807, 2.05) is 18.6 Å². The van der Waals surface area contributed by atoms with Crippen molar-refractivity contribution < 1.29 is 41.6 Å². The molecule has 3 saturated heterocycles. The highest BCUT2D eigenvalue weighted by atomic mass is 32.2. The second-order valence-electron chi connectivity index (χ2n) is 10.6. The fourth-order valence-corrected chi connectivity index (χ4v) is 6.00. The number of sulfonamides is 1. The van der Waals surface area contributed by atoms with Crippen LogP contribution in [0.4, 0.5) is 4.79 Å². The van der Waals surface area contributed by atoms with Gasteiger partial charge in [0.1, 0.15) is 24.4 Å². The fourth-order valence-electron chi connectivity index (χ4n) is 5.09. The Kier molecular flexibility index (Phi) is 10.6. The second-order valence-corrected chi connectivity index (χ2v) is 12.3. The van der Waals surface area contributed by atoms with E-state index >= 15 is 0 Å². The summed E-state index contributed by atoms with van der Waals surface area (Å²) in [6.07, 6.45) is 1.00. The normalized spacial score (nSPS) is 27.7. The number of amides is 1. The van der Waals surface area contributed by atoms with Gasteiger partial charge in [0.2, 0.25) is 0 Å². The van der Waals surface area contributed by atoms with Crippen LogP contribution in [0.2, 0.25) is 0 Å². The predicted molar refractivity (Wildman–Crippen MR) is 141 cm³/mol. The van der Waals surface area contributed by atoms with Crippen LogP contribution in [0.25, 0.3) is 0 Å². The third kappa shape index (κ3) is 8.35. The third-order valence-corrected chi connectivity index (χ3v) is 8.35. The molecule has 3 aliphatic heterocycles. The molecule has 0 saturated carbocycles. The van der Waals surface area contributed by atoms with Gasteiger partial charge in [-0.15, -0.1) is 0 Å². The number of hydrogen-bond donors (Lipinski definition) is 1. The number of rotatable bonds is 13. The summed E-state index contributed by atoms with van der Waals surface area (Å²) in [5.41, 5.74) is 0. The van der Waals surface area contributed by atoms with Crippen molar-refractivity contribution in [2.24, 2.45) is 0 Å². The van der Waals surface area contributed by atoms with Gasteiger partial charge in [0.15, 0.2) is 12.1 Å². The van der Waals surface area contributed by atoms with E-state index in [0.717, 1.165) is 25.7 Å². The van der Waals surface area contributed by atoms with Crippen molar-refractivity contribution in [1.82, 2.24) is 9.62 Å². The summed E-state index contributed by atoms with van der Waals surface area (Å²) in [5.74, 6) is -0.843. The van der Waals surface area contributed by atoms with Crippen LogP contribution in [0.5, 0.6) is 0 Å². The Morgan fingerprint density at radius 3 is 2.54 bits per heavy atom. The molecule has 39 heavy (non-hydrogen) atoms. The zero-order valence-corrected chi connectivity index (χ0v) is 23.9. The van der Waals surface area contributed by atoms with Crippen LogP contribution in [0.3, 0.4) is 0 Å². The average molecular weight is 571 g/mol. The smallest absolute Gasteiger partial charge is 0.421 e. The molecule has 1 unspecified atom stereocenters. The molecule has 3 fully saturated rings. The molecule has 12 heteroatoms. The lowest BCUT2D eigenvalue weighted by Gasteiger charge is -2.35. The van der Waals surface area contributed by atoms with Crippen LogP contribution in [-0.4, -0.2) is 95.4 Å². The highest BCUT2D eigenvalue weighted by molar-refractivity contribution is 7.90. The highest BCUT2D eigenvalue weighted by Gasteiger charge is 2.58. The first-order valence-electron chi connectivity index (χ1n) is 13.9. The van der Waals surface area contributed by atoms with Gasteiger partial charge in [0.05, 0.1) is 18.1 Å². The number of unbranched alkanes of at least 4 members (excludes halogenated alkanes) is 4. The maximum Gasteiger partial charge on any atom is 0.421 e. The summed E-state index contributed by atoms with van der Waals surface area (Å²) in [6.45, 7) is 9.01. The van der Waals surface area contributed by atoms with Crippen molar-refractivity contribution in [3.63, 3.8) is 0 Å². The van der Waals surface area contributed by atoms with E-state index in [2.05, 4.69) is 11.8 Å². The van der Waals surface area contributed by atoms with Gasteiger partial charge < -0.3 is 28.4 Å². The van der Waals surface area contributed by atoms with E-state index in [9.17, 15) is 13.2 Å². The maximum atomic E-state index is 12.9. The SMILES string of the molecule is CCCCCCCO[C@@H]1[C@H]2OC(C)(C)O[C@H]2O[C@@H]1C(CN1CCOCC1)OC(=O)NS(=O)(=O)c1ccccc1. The predicted octanol–water partition coefficient (Wildman–Crippen LogP) is 3.03. The molecule has 5 atom stereocenters. The van der Waals surface area contributed by atoms with Crippen molar-refractivity contribution in [3.8, 4) is 0 Å². The first-order chi connectivity index (χ1) is 18.7. The zero-order valence-electron chi connectivity index (χ0n) is 23.1. The van der Waals surface area contributed by atoms with Gasteiger partial charge in [-0.3, -0.25) is 4.90 Å². The lowest BCUT2D eigenvalue weighted by Crippen LogP contribution is -2.52. The molecule has 1 aromatic rings. The molecule has 0 aliphatic carbocycles. The van der Waals surface area contributed by atoms with Crippen molar-refractivity contribution >= 4 is 16.1 Å². The summed E-state index contributed by atoms with van der Waals surface area (Å²) in [7, 11) is -4.11. The Balaban J connectivity index is 1.48. The quantitative estimate of drug-likeness (QED) is 0.354. The third-order valence-electron chi connectivity index (χ3n) is 7.02. The van der Waals surface area contributed by atoms with Crippen LogP contribution in [0, 0.1) is 0 Å². The highest BCUT2D eigenvalue weighted by Crippen LogP contribution is 2.40. The van der Waals surface area contributed by atoms with Crippen LogP contribution in [0.15, 0.2) is 35.2 Å². The Bertz CT molecular complexity index is 1020. The molecule has 0 spiro atoms. The molecule has 4 rings (SSSR count). The molecule has 1 N–H and O–H groups in total. The lowest BCUT2D eigenvalue weighted by molar-refractivity contribution is -0.230. The monoisotopic (exact) mass is 570 g/mol. The molecule has 0 aromatic heterocycles. The Morgan fingerprint density at radius 1 is 1.10 bits per heavy atom. The van der Waals surface area contributed by atoms with E-state index < -0.39 is 52.6 Å². The molecule has 3 heterocycles. The number of fused-ring (bicyclic) bond motifs is 1. The van der Waals surface area contributed by atoms with Crippen LogP contribution in [-0.2, 0) is 38.4 Å². The number of carbonyl (C=O) groups excluding carboxylic acids is 1. The largest absolute Gasteiger partial charge is 0.441 e. The summed E-state index contributed by atoms with van der Waals surface area (Å²) in [5, 5.41) is 0. The van der Waals surface area contributed by atoms with E-state index in [-0.39, 0.29) is 4.90 Å². The number of nitrogens with one attached hydrogen (secondary N) is 1. The first kappa shape index (κ1) is 30.2. The summed E-state index contributed by atoms with van der Waals surface area (Å²) >= 11 is 0. The molecule has 1 aromatic carbocycles. The van der Waals surface area contributed by atoms with E-state index in [1.54, 1.807) is 18.2 Å². The number of carbonyl (C=O) groups is 1. The molecule has 220 valence electrons. The number of ether oxygens (including phenoxy) is 6. The van der Waals surface area contributed by atoms with E-state index in [4.69, 9.17) is 28.4 Å². The number of morpholine rings is 1. The maximum absolute atomic E-state index is 12.9. The molecular weight excluding hydrogens is 528 g/mol. The van der Waals surface area contributed by atoms with Gasteiger partial charge in [-0.05, 0) is 32.4 Å². The summed E-state index contributed by atoms with van der Waals surface area (Å²) < 4.78 is 63.4. The minimum atomic E-state index is -4.11. The fraction of sp³-hybridized carbons (Fsp3) is 0.741. The minimum Gasteiger partial charge on any atom is -0.441 e. The summed E-state index contributed by atoms with van der Waals surface area (Å²) in [4.78, 5) is 15.0. The Morgan fingerprint density at radius 2 is 1.82 bits per heavy atom. The van der Waals surface area contributed by atoms with Crippen molar-refractivity contribution in [2.75, 3.05) is 39.5 Å². The molecular formula is C27H42N2O9S. The van der Waals surface area contributed by atoms with Gasteiger partial charge in [0, 0.05) is 26.2 Å². The molecule has 0 radical (unpaired) electrons. The number of nitrogens with zero attached hydrogens (tertiary/aromatic N) is 1. The van der Waals surface area contributed by atoms with Crippen molar-refractivity contribution in [3.05, 3.63) is 30.3 Å². The number of hydrogen-bond acceptors (Lipinski definition) is 10. The summed E-state index contributed by atoms with van der Waals surface area (Å²) in [6, 6.07) is 7.67. The standard InChI is InChI=1S/C27H42N2O9S/c1-4-5-6-7-11-16-34-23-22(36-25-24(23)37-27(2,3)38-25)21(19-29-14-17-33-18-15-29)35-26(30)28-39(31,32)20-12-9-8-10-13-20/h8-10,12-13,21-25H,4-7,11,14-19H2,1-3H3,(H,28,30)/t21?,22-,23+,24-,25-/m1/s1. The van der Waals surface area contributed by atoms with Crippen LogP contribution in [0.1, 0.15) is 52.9 Å². The van der Waals surface area contributed by atoms with Gasteiger partial charge in [-0.2, -0.15) is 0 Å². The van der Waals surface area contributed by atoms with Gasteiger partial charge in [0.25, 0.3) is 10.0 Å². The average Bonchev–Trinajstić information content (AvgIpc) is 3.38. The molecule has 3 aliphatic rings. The van der Waals surface area contributed by atoms with E-state index in [1.165, 1.54) is 18.6 Å². The topological polar surface area (TPSA) is 122 Å². The Labute approximate surface area is 231 Å². The molecule has 0 bridgehead atoms. The van der Waals surface area contributed by atoms with Crippen LogP contribution >= 0.6 is 0 Å². The second kappa shape index (κ2) is 13.7. The zero-order chi connectivity index (χ0) is 27.9. The van der Waals surface area contributed by atoms with E-state index in [0.29, 0.717) is 39.5 Å². The van der Waals surface area contributed by atoms with Crippen LogP contribution < -0.4 is 4.72 Å². The molecule has 11 nitrogen and oxygen atoms in total. The van der Waals surface area contributed by atoms with Gasteiger partial charge in [-0.25, -0.2) is 17.9 Å². The molecule has 1 amide bonds. The van der Waals surface area contributed by atoms with Gasteiger partial charge in [-0.1, -0.05) is 50.8 Å². The first-order valence-corrected chi connectivity index (χ1v) is 15.4. The number of benzene rings is 1. The van der Waals surface area contributed by atoms with Gasteiger partial charge >= 0.3 is 6.09 Å². The van der Waals surface area contributed by atoms with Crippen molar-refractivity contribution in [2.45, 2.75) is 94.3 Å². The minimum absolute atomic E-state index is 0.0355.